The first-order valence-electron chi connectivity index (χ1n) is 7.18. The number of hydrogen-bond donors (Lipinski definition) is 1. The molecular formula is C15H17ClF3NO5. The minimum atomic E-state index is -4.55. The van der Waals surface area contributed by atoms with Gasteiger partial charge in [-0.1, -0.05) is 18.5 Å². The Morgan fingerprint density at radius 2 is 1.96 bits per heavy atom. The maximum atomic E-state index is 12.0. The summed E-state index contributed by atoms with van der Waals surface area (Å²) in [5, 5.41) is 1.68. The predicted octanol–water partition coefficient (Wildman–Crippen LogP) is 2.97. The highest BCUT2D eigenvalue weighted by molar-refractivity contribution is 6.32. The minimum Gasteiger partial charge on any atom is -0.493 e. The second kappa shape index (κ2) is 9.36. The van der Waals surface area contributed by atoms with Gasteiger partial charge in [0.15, 0.2) is 18.1 Å². The lowest BCUT2D eigenvalue weighted by molar-refractivity contribution is -0.140. The molecule has 0 saturated heterocycles. The van der Waals surface area contributed by atoms with Gasteiger partial charge in [-0.25, -0.2) is 4.79 Å². The number of nitrogens with one attached hydrogen (secondary N) is 1. The van der Waals surface area contributed by atoms with E-state index < -0.39 is 31.2 Å². The maximum Gasteiger partial charge on any atom is 0.405 e. The summed E-state index contributed by atoms with van der Waals surface area (Å²) >= 11 is 6.04. The lowest BCUT2D eigenvalue weighted by Crippen LogP contribution is -2.36. The van der Waals surface area contributed by atoms with Gasteiger partial charge < -0.3 is 19.5 Å². The first-order valence-corrected chi connectivity index (χ1v) is 7.56. The number of benzene rings is 1. The van der Waals surface area contributed by atoms with Gasteiger partial charge in [0.25, 0.3) is 5.91 Å². The van der Waals surface area contributed by atoms with E-state index in [4.69, 9.17) is 21.1 Å². The average molecular weight is 384 g/mol. The molecule has 0 aliphatic heterocycles. The molecule has 140 valence electrons. The fraction of sp³-hybridized carbons (Fsp3) is 0.467. The number of amides is 1. The zero-order valence-electron chi connectivity index (χ0n) is 13.5. The quantitative estimate of drug-likeness (QED) is 0.699. The Kier molecular flexibility index (Phi) is 7.82. The van der Waals surface area contributed by atoms with Crippen LogP contribution < -0.4 is 14.8 Å². The van der Waals surface area contributed by atoms with Crippen molar-refractivity contribution in [2.24, 2.45) is 0 Å². The van der Waals surface area contributed by atoms with Crippen LogP contribution in [0.25, 0.3) is 0 Å². The Balaban J connectivity index is 2.72. The molecule has 1 aromatic rings. The third-order valence-corrected chi connectivity index (χ3v) is 3.02. The van der Waals surface area contributed by atoms with Crippen molar-refractivity contribution in [3.8, 4) is 11.5 Å². The molecule has 1 aromatic carbocycles. The summed E-state index contributed by atoms with van der Waals surface area (Å²) in [5.74, 6) is -1.57. The fourth-order valence-corrected chi connectivity index (χ4v) is 1.91. The highest BCUT2D eigenvalue weighted by Gasteiger charge is 2.28. The number of halogens is 4. The second-order valence-corrected chi connectivity index (χ2v) is 5.21. The van der Waals surface area contributed by atoms with Crippen LogP contribution in [0.2, 0.25) is 5.02 Å². The average Bonchev–Trinajstić information content (AvgIpc) is 2.55. The van der Waals surface area contributed by atoms with E-state index in [1.807, 2.05) is 6.92 Å². The molecule has 0 aromatic heterocycles. The van der Waals surface area contributed by atoms with E-state index in [-0.39, 0.29) is 22.1 Å². The third kappa shape index (κ3) is 7.08. The number of carbonyl (C=O) groups is 2. The molecule has 0 unspecified atom stereocenters. The summed E-state index contributed by atoms with van der Waals surface area (Å²) in [5.41, 5.74) is -0.0330. The summed E-state index contributed by atoms with van der Waals surface area (Å²) in [6.07, 6.45) is -3.81. The number of alkyl halides is 3. The van der Waals surface area contributed by atoms with E-state index in [0.29, 0.717) is 6.61 Å². The van der Waals surface area contributed by atoms with E-state index in [0.717, 1.165) is 6.42 Å². The number of ether oxygens (including phenoxy) is 3. The molecule has 0 fully saturated rings. The minimum absolute atomic E-state index is 0.0330. The van der Waals surface area contributed by atoms with Crippen molar-refractivity contribution in [1.29, 1.82) is 0 Å². The van der Waals surface area contributed by atoms with Crippen molar-refractivity contribution in [2.75, 3.05) is 26.9 Å². The fourth-order valence-electron chi connectivity index (χ4n) is 1.65. The normalized spacial score (nSPS) is 11.0. The third-order valence-electron chi connectivity index (χ3n) is 2.74. The smallest absolute Gasteiger partial charge is 0.405 e. The molecule has 0 aliphatic carbocycles. The monoisotopic (exact) mass is 383 g/mol. The van der Waals surface area contributed by atoms with Crippen LogP contribution in [0.5, 0.6) is 11.5 Å². The molecule has 0 heterocycles. The van der Waals surface area contributed by atoms with E-state index in [1.54, 1.807) is 5.32 Å². The zero-order valence-corrected chi connectivity index (χ0v) is 14.3. The zero-order chi connectivity index (χ0) is 19.0. The maximum absolute atomic E-state index is 12.0. The van der Waals surface area contributed by atoms with Crippen LogP contribution in [-0.2, 0) is 9.53 Å². The van der Waals surface area contributed by atoms with Gasteiger partial charge in [0.1, 0.15) is 6.54 Å². The Bertz CT molecular complexity index is 622. The van der Waals surface area contributed by atoms with Crippen LogP contribution in [0.4, 0.5) is 13.2 Å². The molecule has 0 bridgehead atoms. The number of esters is 1. The van der Waals surface area contributed by atoms with Crippen molar-refractivity contribution < 1.29 is 37.0 Å². The van der Waals surface area contributed by atoms with E-state index in [1.165, 1.54) is 19.2 Å². The summed E-state index contributed by atoms with van der Waals surface area (Å²) in [7, 11) is 1.35. The van der Waals surface area contributed by atoms with Crippen LogP contribution in [-0.4, -0.2) is 44.9 Å². The molecule has 0 spiro atoms. The molecule has 6 nitrogen and oxygen atoms in total. The van der Waals surface area contributed by atoms with Crippen molar-refractivity contribution >= 4 is 23.5 Å². The van der Waals surface area contributed by atoms with Crippen molar-refractivity contribution in [3.63, 3.8) is 0 Å². The summed E-state index contributed by atoms with van der Waals surface area (Å²) in [4.78, 5) is 23.1. The van der Waals surface area contributed by atoms with Crippen molar-refractivity contribution in [2.45, 2.75) is 19.5 Å². The van der Waals surface area contributed by atoms with Crippen LogP contribution in [0.15, 0.2) is 12.1 Å². The molecule has 10 heteroatoms. The van der Waals surface area contributed by atoms with Crippen LogP contribution in [0, 0.1) is 0 Å². The summed E-state index contributed by atoms with van der Waals surface area (Å²) in [6, 6.07) is 2.55. The number of hydrogen-bond acceptors (Lipinski definition) is 5. The number of rotatable bonds is 8. The van der Waals surface area contributed by atoms with Gasteiger partial charge >= 0.3 is 12.1 Å². The molecule has 1 amide bonds. The highest BCUT2D eigenvalue weighted by Crippen LogP contribution is 2.36. The highest BCUT2D eigenvalue weighted by atomic mass is 35.5. The van der Waals surface area contributed by atoms with Gasteiger partial charge in [-0.2, -0.15) is 13.2 Å². The van der Waals surface area contributed by atoms with Gasteiger partial charge in [0, 0.05) is 0 Å². The van der Waals surface area contributed by atoms with E-state index in [2.05, 4.69) is 4.74 Å². The second-order valence-electron chi connectivity index (χ2n) is 4.81. The predicted molar refractivity (Wildman–Crippen MR) is 83.1 cm³/mol. The summed E-state index contributed by atoms with van der Waals surface area (Å²) < 4.78 is 51.1. The molecule has 0 aliphatic rings. The van der Waals surface area contributed by atoms with Crippen LogP contribution >= 0.6 is 11.6 Å². The Labute approximate surface area is 147 Å². The van der Waals surface area contributed by atoms with E-state index >= 15 is 0 Å². The van der Waals surface area contributed by atoms with Crippen LogP contribution in [0.1, 0.15) is 23.7 Å². The Hall–Kier alpha value is -2.16. The van der Waals surface area contributed by atoms with Gasteiger partial charge in [0.05, 0.1) is 24.3 Å². The molecule has 1 rings (SSSR count). The molecule has 0 atom stereocenters. The SMILES string of the molecule is CCCOc1c(Cl)cc(C(=O)OCC(=O)NCC(F)(F)F)cc1OC. The van der Waals surface area contributed by atoms with Gasteiger partial charge in [-0.05, 0) is 18.6 Å². The number of carbonyl (C=O) groups excluding carboxylic acids is 2. The van der Waals surface area contributed by atoms with Gasteiger partial charge in [-0.3, -0.25) is 4.79 Å². The van der Waals surface area contributed by atoms with Crippen LogP contribution in [0.3, 0.4) is 0 Å². The van der Waals surface area contributed by atoms with Gasteiger partial charge in [0.2, 0.25) is 0 Å². The molecule has 25 heavy (non-hydrogen) atoms. The largest absolute Gasteiger partial charge is 0.493 e. The first kappa shape index (κ1) is 20.9. The standard InChI is InChI=1S/C15H17ClF3NO5/c1-3-4-24-13-10(16)5-9(6-11(13)23-2)14(22)25-7-12(21)20-8-15(17,18)19/h5-6H,3-4,7-8H2,1-2H3,(H,20,21). The van der Waals surface area contributed by atoms with E-state index in [9.17, 15) is 22.8 Å². The molecule has 0 saturated carbocycles. The first-order chi connectivity index (χ1) is 11.7. The molecule has 0 radical (unpaired) electrons. The van der Waals surface area contributed by atoms with Gasteiger partial charge in [-0.15, -0.1) is 0 Å². The number of methoxy groups -OCH3 is 1. The Morgan fingerprint density at radius 1 is 1.28 bits per heavy atom. The summed E-state index contributed by atoms with van der Waals surface area (Å²) in [6.45, 7) is -0.0787. The van der Waals surface area contributed by atoms with Crippen molar-refractivity contribution in [3.05, 3.63) is 22.7 Å². The Morgan fingerprint density at radius 3 is 2.52 bits per heavy atom. The topological polar surface area (TPSA) is 73.9 Å². The molecule has 1 N–H and O–H groups in total. The lowest BCUT2D eigenvalue weighted by atomic mass is 10.2. The van der Waals surface area contributed by atoms with Crippen molar-refractivity contribution in [1.82, 2.24) is 5.32 Å². The molecular weight excluding hydrogens is 367 g/mol. The lowest BCUT2D eigenvalue weighted by Gasteiger charge is -2.13.